The van der Waals surface area contributed by atoms with Gasteiger partial charge >= 0.3 is 0 Å². The summed E-state index contributed by atoms with van der Waals surface area (Å²) in [7, 11) is 0. The Bertz CT molecular complexity index is 577. The van der Waals surface area contributed by atoms with Gasteiger partial charge in [-0.3, -0.25) is 0 Å². The van der Waals surface area contributed by atoms with E-state index in [-0.39, 0.29) is 0 Å². The molecule has 17 heavy (non-hydrogen) atoms. The molecule has 88 valence electrons. The molecule has 2 aromatic heterocycles. The van der Waals surface area contributed by atoms with Crippen molar-refractivity contribution in [2.75, 3.05) is 18.0 Å². The summed E-state index contributed by atoms with van der Waals surface area (Å²) in [5.74, 6) is 1.23. The quantitative estimate of drug-likeness (QED) is 0.769. The molecule has 0 aliphatic carbocycles. The molecule has 0 spiro atoms. The minimum atomic E-state index is 0.554. The molecule has 0 aromatic carbocycles. The fourth-order valence-electron chi connectivity index (χ4n) is 3.13. The van der Waals surface area contributed by atoms with Crippen LogP contribution in [0.15, 0.2) is 16.8 Å². The lowest BCUT2D eigenvalue weighted by Crippen LogP contribution is -2.55. The van der Waals surface area contributed by atoms with E-state index in [1.807, 2.05) is 0 Å². The second kappa shape index (κ2) is 3.43. The van der Waals surface area contributed by atoms with E-state index in [4.69, 9.17) is 4.98 Å². The molecule has 1 saturated heterocycles. The number of pyridine rings is 1. The number of aromatic nitrogens is 1. The fraction of sp³-hybridized carbons (Fsp3) is 0.462. The molecule has 2 atom stereocenters. The third-order valence-electron chi connectivity index (χ3n) is 3.90. The van der Waals surface area contributed by atoms with Gasteiger partial charge in [0.25, 0.3) is 0 Å². The number of thiophene rings is 1. The summed E-state index contributed by atoms with van der Waals surface area (Å²) in [5, 5.41) is 9.15. The summed E-state index contributed by atoms with van der Waals surface area (Å²) >= 11 is 1.74. The van der Waals surface area contributed by atoms with Crippen molar-refractivity contribution in [2.45, 2.75) is 25.4 Å². The predicted molar refractivity (Wildman–Crippen MR) is 71.9 cm³/mol. The van der Waals surface area contributed by atoms with Gasteiger partial charge in [0.05, 0.1) is 5.52 Å². The number of fused-ring (bicyclic) bond motifs is 4. The van der Waals surface area contributed by atoms with Crippen molar-refractivity contribution in [3.63, 3.8) is 0 Å². The molecule has 0 radical (unpaired) electrons. The van der Waals surface area contributed by atoms with Gasteiger partial charge in [0.2, 0.25) is 0 Å². The maximum atomic E-state index is 4.86. The molecule has 3 nitrogen and oxygen atoms in total. The lowest BCUT2D eigenvalue weighted by molar-refractivity contribution is 0.428. The van der Waals surface area contributed by atoms with Gasteiger partial charge in [-0.15, -0.1) is 11.3 Å². The van der Waals surface area contributed by atoms with E-state index in [2.05, 4.69) is 34.0 Å². The standard InChI is InChI=1S/C13H15N3S/c1-8-4-14-5-11-3-9-2-10-6-17-7-12(10)15-13(9)16(8)11/h2,6-8,11,14H,3-5H2,1H3/t8-,11-/m1/s1. The van der Waals surface area contributed by atoms with Crippen LogP contribution in [0.2, 0.25) is 0 Å². The lowest BCUT2D eigenvalue weighted by Gasteiger charge is -2.37. The van der Waals surface area contributed by atoms with Gasteiger partial charge in [0.1, 0.15) is 5.82 Å². The highest BCUT2D eigenvalue weighted by Crippen LogP contribution is 2.36. The van der Waals surface area contributed by atoms with Crippen LogP contribution in [0.1, 0.15) is 12.5 Å². The van der Waals surface area contributed by atoms with Gasteiger partial charge in [0.15, 0.2) is 0 Å². The Kier molecular flexibility index (Phi) is 1.99. The molecule has 4 rings (SSSR count). The molecule has 2 aromatic rings. The summed E-state index contributed by atoms with van der Waals surface area (Å²) in [5.41, 5.74) is 2.58. The van der Waals surface area contributed by atoms with E-state index in [1.54, 1.807) is 11.3 Å². The zero-order valence-electron chi connectivity index (χ0n) is 9.81. The van der Waals surface area contributed by atoms with E-state index in [0.29, 0.717) is 12.1 Å². The molecule has 4 heterocycles. The number of hydrogen-bond acceptors (Lipinski definition) is 4. The molecule has 0 saturated carbocycles. The Morgan fingerprint density at radius 3 is 3.29 bits per heavy atom. The topological polar surface area (TPSA) is 28.2 Å². The molecule has 0 bridgehead atoms. The SMILES string of the molecule is C[C@@H]1CNC[C@H]2Cc3cc4cscc4nc3N21. The first-order valence-electron chi connectivity index (χ1n) is 6.18. The second-order valence-electron chi connectivity index (χ2n) is 5.09. The summed E-state index contributed by atoms with van der Waals surface area (Å²) in [4.78, 5) is 7.38. The Hall–Kier alpha value is -1.13. The Morgan fingerprint density at radius 2 is 2.35 bits per heavy atom. The van der Waals surface area contributed by atoms with Gasteiger partial charge in [-0.1, -0.05) is 0 Å². The fourth-order valence-corrected chi connectivity index (χ4v) is 3.85. The largest absolute Gasteiger partial charge is 0.348 e. The first-order chi connectivity index (χ1) is 8.33. The zero-order chi connectivity index (χ0) is 11.4. The highest BCUT2D eigenvalue weighted by atomic mass is 32.1. The van der Waals surface area contributed by atoms with Crippen LogP contribution in [0, 0.1) is 0 Å². The number of piperazine rings is 1. The number of nitrogens with one attached hydrogen (secondary N) is 1. The van der Waals surface area contributed by atoms with Crippen LogP contribution in [0.3, 0.4) is 0 Å². The van der Waals surface area contributed by atoms with Crippen LogP contribution in [0.5, 0.6) is 0 Å². The van der Waals surface area contributed by atoms with Crippen molar-refractivity contribution in [3.8, 4) is 0 Å². The van der Waals surface area contributed by atoms with Gasteiger partial charge < -0.3 is 10.2 Å². The van der Waals surface area contributed by atoms with Crippen molar-refractivity contribution in [3.05, 3.63) is 22.4 Å². The van der Waals surface area contributed by atoms with Crippen LogP contribution in [0.25, 0.3) is 10.9 Å². The highest BCUT2D eigenvalue weighted by Gasteiger charge is 2.36. The number of rotatable bonds is 0. The summed E-state index contributed by atoms with van der Waals surface area (Å²) < 4.78 is 0. The third-order valence-corrected chi connectivity index (χ3v) is 4.65. The van der Waals surface area contributed by atoms with Crippen LogP contribution in [-0.4, -0.2) is 30.2 Å². The van der Waals surface area contributed by atoms with Crippen molar-refractivity contribution in [2.24, 2.45) is 0 Å². The van der Waals surface area contributed by atoms with Gasteiger partial charge in [-0.25, -0.2) is 4.98 Å². The van der Waals surface area contributed by atoms with E-state index in [0.717, 1.165) is 25.0 Å². The van der Waals surface area contributed by atoms with Crippen molar-refractivity contribution in [1.82, 2.24) is 10.3 Å². The average Bonchev–Trinajstić information content (AvgIpc) is 2.88. The molecular formula is C13H15N3S. The van der Waals surface area contributed by atoms with Gasteiger partial charge in [0, 0.05) is 41.3 Å². The first kappa shape index (κ1) is 9.85. The molecule has 4 heteroatoms. The smallest absolute Gasteiger partial charge is 0.133 e. The predicted octanol–water partition coefficient (Wildman–Crippen LogP) is 2.02. The van der Waals surface area contributed by atoms with Crippen molar-refractivity contribution in [1.29, 1.82) is 0 Å². The lowest BCUT2D eigenvalue weighted by atomic mass is 10.1. The molecule has 2 aliphatic rings. The van der Waals surface area contributed by atoms with E-state index >= 15 is 0 Å². The van der Waals surface area contributed by atoms with E-state index in [9.17, 15) is 0 Å². The molecule has 0 unspecified atom stereocenters. The first-order valence-corrected chi connectivity index (χ1v) is 7.12. The minimum Gasteiger partial charge on any atom is -0.348 e. The average molecular weight is 245 g/mol. The normalized spacial score (nSPS) is 27.2. The molecular weight excluding hydrogens is 230 g/mol. The monoisotopic (exact) mass is 245 g/mol. The summed E-state index contributed by atoms with van der Waals surface area (Å²) in [6.07, 6.45) is 1.14. The summed E-state index contributed by atoms with van der Waals surface area (Å²) in [6.45, 7) is 4.45. The molecule has 1 fully saturated rings. The molecule has 0 amide bonds. The Labute approximate surface area is 104 Å². The minimum absolute atomic E-state index is 0.554. The third kappa shape index (κ3) is 1.34. The Morgan fingerprint density at radius 1 is 1.41 bits per heavy atom. The second-order valence-corrected chi connectivity index (χ2v) is 5.83. The van der Waals surface area contributed by atoms with Crippen molar-refractivity contribution < 1.29 is 0 Å². The number of nitrogens with zero attached hydrogens (tertiary/aromatic N) is 2. The zero-order valence-corrected chi connectivity index (χ0v) is 10.6. The van der Waals surface area contributed by atoms with Crippen LogP contribution < -0.4 is 10.2 Å². The number of hydrogen-bond donors (Lipinski definition) is 1. The van der Waals surface area contributed by atoms with Crippen molar-refractivity contribution >= 4 is 28.1 Å². The van der Waals surface area contributed by atoms with Gasteiger partial charge in [-0.2, -0.15) is 0 Å². The van der Waals surface area contributed by atoms with Gasteiger partial charge in [-0.05, 0) is 25.0 Å². The number of anilines is 1. The van der Waals surface area contributed by atoms with Crippen LogP contribution >= 0.6 is 11.3 Å². The summed E-state index contributed by atoms with van der Waals surface area (Å²) in [6, 6.07) is 3.49. The van der Waals surface area contributed by atoms with E-state index in [1.165, 1.54) is 16.8 Å². The maximum absolute atomic E-state index is 4.86. The molecule has 1 N–H and O–H groups in total. The van der Waals surface area contributed by atoms with E-state index < -0.39 is 0 Å². The highest BCUT2D eigenvalue weighted by molar-refractivity contribution is 7.09. The Balaban J connectivity index is 1.89. The molecule has 2 aliphatic heterocycles. The maximum Gasteiger partial charge on any atom is 0.133 e. The van der Waals surface area contributed by atoms with Crippen LogP contribution in [-0.2, 0) is 6.42 Å². The van der Waals surface area contributed by atoms with Crippen LogP contribution in [0.4, 0.5) is 5.82 Å².